The Morgan fingerprint density at radius 3 is 2.00 bits per heavy atom. The van der Waals surface area contributed by atoms with Crippen LogP contribution in [-0.4, -0.2) is 22.0 Å². The Bertz CT molecular complexity index is 1070. The molecule has 3 aromatic rings. The average Bonchev–Trinajstić information content (AvgIpc) is 2.77. The minimum absolute atomic E-state index is 0.246. The molecule has 0 fully saturated rings. The molecule has 2 atom stereocenters. The molecule has 0 bridgehead atoms. The van der Waals surface area contributed by atoms with Gasteiger partial charge in [0.05, 0.1) is 10.5 Å². The third-order valence-corrected chi connectivity index (χ3v) is 4.81. The molecule has 0 aromatic heterocycles. The minimum Gasteiger partial charge on any atom is -0.477 e. The van der Waals surface area contributed by atoms with Crippen LogP contribution in [0, 0.1) is 10.1 Å². The number of nitro benzene ring substituents is 1. The highest BCUT2D eigenvalue weighted by molar-refractivity contribution is 6.05. The van der Waals surface area contributed by atoms with Crippen molar-refractivity contribution in [2.75, 3.05) is 0 Å². The van der Waals surface area contributed by atoms with Crippen molar-refractivity contribution in [3.05, 3.63) is 111 Å². The number of nitro groups is 1. The lowest BCUT2D eigenvalue weighted by Crippen LogP contribution is -2.20. The smallest absolute Gasteiger partial charge is 0.343 e. The van der Waals surface area contributed by atoms with Crippen molar-refractivity contribution in [2.45, 2.75) is 18.9 Å². The number of esters is 1. The molecule has 0 heterocycles. The molecule has 3 aromatic carbocycles. The van der Waals surface area contributed by atoms with Gasteiger partial charge in [-0.2, -0.15) is 0 Å². The van der Waals surface area contributed by atoms with E-state index in [-0.39, 0.29) is 11.5 Å². The molecule has 7 heteroatoms. The first-order valence-corrected chi connectivity index (χ1v) is 9.21. The zero-order chi connectivity index (χ0) is 21.7. The van der Waals surface area contributed by atoms with E-state index >= 15 is 0 Å². The van der Waals surface area contributed by atoms with Gasteiger partial charge in [0.15, 0.2) is 5.56 Å². The van der Waals surface area contributed by atoms with Gasteiger partial charge < -0.3 is 9.84 Å². The Balaban J connectivity index is 2.02. The van der Waals surface area contributed by atoms with E-state index in [9.17, 15) is 24.8 Å². The number of hydrogen-bond acceptors (Lipinski definition) is 5. The summed E-state index contributed by atoms with van der Waals surface area (Å²) in [5.41, 5.74) is -0.0601. The van der Waals surface area contributed by atoms with Crippen LogP contribution >= 0.6 is 0 Å². The van der Waals surface area contributed by atoms with E-state index < -0.39 is 34.2 Å². The quantitative estimate of drug-likeness (QED) is 0.337. The normalized spacial score (nSPS) is 12.6. The number of aromatic carboxylic acids is 1. The second-order valence-electron chi connectivity index (χ2n) is 6.70. The third-order valence-electron chi connectivity index (χ3n) is 4.81. The molecular weight excluding hydrogens is 386 g/mol. The highest BCUT2D eigenvalue weighted by Gasteiger charge is 2.31. The van der Waals surface area contributed by atoms with Gasteiger partial charge in [-0.1, -0.05) is 73.7 Å². The fraction of sp³-hybridized carbons (Fsp3) is 0.130. The fourth-order valence-corrected chi connectivity index (χ4v) is 3.30. The number of benzene rings is 3. The predicted molar refractivity (Wildman–Crippen MR) is 110 cm³/mol. The lowest BCUT2D eigenvalue weighted by molar-refractivity contribution is -0.385. The summed E-state index contributed by atoms with van der Waals surface area (Å²) in [7, 11) is 0. The summed E-state index contributed by atoms with van der Waals surface area (Å²) in [5.74, 6) is -2.75. The second-order valence-corrected chi connectivity index (χ2v) is 6.70. The summed E-state index contributed by atoms with van der Waals surface area (Å²) in [6, 6.07) is 22.0. The van der Waals surface area contributed by atoms with E-state index in [1.165, 1.54) is 12.1 Å². The maximum absolute atomic E-state index is 13.0. The van der Waals surface area contributed by atoms with Crippen LogP contribution in [0.1, 0.15) is 50.8 Å². The fourth-order valence-electron chi connectivity index (χ4n) is 3.30. The van der Waals surface area contributed by atoms with E-state index in [1.54, 1.807) is 0 Å². The Labute approximate surface area is 172 Å². The topological polar surface area (TPSA) is 107 Å². The molecule has 0 aliphatic carbocycles. The SMILES string of the molecule is C[C@H](c1ccccc1)[C@@H](OC(=O)c1cccc([N+](=O)[O-])c1C(=O)O)c1ccccc1. The first-order chi connectivity index (χ1) is 14.4. The predicted octanol–water partition coefficient (Wildman–Crippen LogP) is 4.99. The molecule has 7 nitrogen and oxygen atoms in total. The number of carboxylic acids is 1. The van der Waals surface area contributed by atoms with Gasteiger partial charge in [0, 0.05) is 12.0 Å². The van der Waals surface area contributed by atoms with Crippen molar-refractivity contribution in [3.8, 4) is 0 Å². The Morgan fingerprint density at radius 2 is 1.47 bits per heavy atom. The van der Waals surface area contributed by atoms with Crippen LogP contribution in [0.15, 0.2) is 78.9 Å². The van der Waals surface area contributed by atoms with Crippen LogP contribution in [0.25, 0.3) is 0 Å². The summed E-state index contributed by atoms with van der Waals surface area (Å²) in [6.45, 7) is 1.89. The summed E-state index contributed by atoms with van der Waals surface area (Å²) in [5, 5.41) is 20.7. The molecule has 1 N–H and O–H groups in total. The van der Waals surface area contributed by atoms with Crippen molar-refractivity contribution < 1.29 is 24.4 Å². The molecule has 30 heavy (non-hydrogen) atoms. The van der Waals surface area contributed by atoms with E-state index in [2.05, 4.69) is 0 Å². The molecule has 0 saturated carbocycles. The van der Waals surface area contributed by atoms with Gasteiger partial charge in [0.25, 0.3) is 5.69 Å². The average molecular weight is 405 g/mol. The van der Waals surface area contributed by atoms with Crippen LogP contribution in [0.5, 0.6) is 0 Å². The summed E-state index contributed by atoms with van der Waals surface area (Å²) in [6.07, 6.45) is -0.720. The molecule has 0 aliphatic heterocycles. The standard InChI is InChI=1S/C23H19NO6/c1-15(16-9-4-2-5-10-16)21(17-11-6-3-7-12-17)30-23(27)18-13-8-14-19(24(28)29)20(18)22(25)26/h2-15,21H,1H3,(H,25,26)/t15-,21-/m1/s1. The number of hydrogen-bond donors (Lipinski definition) is 1. The molecule has 0 radical (unpaired) electrons. The Kier molecular flexibility index (Phi) is 6.22. The van der Waals surface area contributed by atoms with Crippen molar-refractivity contribution in [2.24, 2.45) is 0 Å². The molecule has 0 spiro atoms. The number of ether oxygens (including phenoxy) is 1. The van der Waals surface area contributed by atoms with Gasteiger partial charge in [-0.15, -0.1) is 0 Å². The van der Waals surface area contributed by atoms with Gasteiger partial charge in [-0.3, -0.25) is 10.1 Å². The Hall–Kier alpha value is -4.00. The molecule has 0 amide bonds. The number of carbonyl (C=O) groups excluding carboxylic acids is 1. The van der Waals surface area contributed by atoms with Gasteiger partial charge in [0.1, 0.15) is 6.10 Å². The first kappa shape index (κ1) is 20.7. The van der Waals surface area contributed by atoms with E-state index in [1.807, 2.05) is 67.6 Å². The lowest BCUT2D eigenvalue weighted by atomic mass is 9.90. The first-order valence-electron chi connectivity index (χ1n) is 9.21. The number of nitrogens with zero attached hydrogens (tertiary/aromatic N) is 1. The van der Waals surface area contributed by atoms with Crippen LogP contribution in [-0.2, 0) is 4.74 Å². The molecule has 3 rings (SSSR count). The molecule has 0 aliphatic rings. The van der Waals surface area contributed by atoms with Crippen molar-refractivity contribution in [3.63, 3.8) is 0 Å². The van der Waals surface area contributed by atoms with E-state index in [0.717, 1.165) is 17.2 Å². The van der Waals surface area contributed by atoms with Crippen LogP contribution in [0.4, 0.5) is 5.69 Å². The zero-order valence-corrected chi connectivity index (χ0v) is 16.1. The van der Waals surface area contributed by atoms with Gasteiger partial charge in [-0.05, 0) is 17.2 Å². The van der Waals surface area contributed by atoms with E-state index in [0.29, 0.717) is 0 Å². The monoisotopic (exact) mass is 405 g/mol. The summed E-state index contributed by atoms with van der Waals surface area (Å²) >= 11 is 0. The zero-order valence-electron chi connectivity index (χ0n) is 16.1. The maximum Gasteiger partial charge on any atom is 0.343 e. The van der Waals surface area contributed by atoms with Crippen molar-refractivity contribution in [1.82, 2.24) is 0 Å². The number of carboxylic acid groups (broad SMARTS) is 1. The third kappa shape index (κ3) is 4.35. The summed E-state index contributed by atoms with van der Waals surface area (Å²) < 4.78 is 5.74. The molecule has 0 unspecified atom stereocenters. The number of carbonyl (C=O) groups is 2. The van der Waals surface area contributed by atoms with Gasteiger partial charge in [-0.25, -0.2) is 9.59 Å². The van der Waals surface area contributed by atoms with Crippen LogP contribution < -0.4 is 0 Å². The molecular formula is C23H19NO6. The highest BCUT2D eigenvalue weighted by atomic mass is 16.6. The van der Waals surface area contributed by atoms with Gasteiger partial charge >= 0.3 is 11.9 Å². The highest BCUT2D eigenvalue weighted by Crippen LogP contribution is 2.35. The molecule has 0 saturated heterocycles. The van der Waals surface area contributed by atoms with Crippen molar-refractivity contribution in [1.29, 1.82) is 0 Å². The largest absolute Gasteiger partial charge is 0.477 e. The number of rotatable bonds is 7. The second kappa shape index (κ2) is 9.00. The van der Waals surface area contributed by atoms with Crippen LogP contribution in [0.3, 0.4) is 0 Å². The lowest BCUT2D eigenvalue weighted by Gasteiger charge is -2.25. The van der Waals surface area contributed by atoms with Gasteiger partial charge in [0.2, 0.25) is 0 Å². The van der Waals surface area contributed by atoms with Crippen molar-refractivity contribution >= 4 is 17.6 Å². The summed E-state index contributed by atoms with van der Waals surface area (Å²) in [4.78, 5) is 35.0. The van der Waals surface area contributed by atoms with E-state index in [4.69, 9.17) is 4.74 Å². The maximum atomic E-state index is 13.0. The van der Waals surface area contributed by atoms with Crippen LogP contribution in [0.2, 0.25) is 0 Å². The Morgan fingerprint density at radius 1 is 0.900 bits per heavy atom. The molecule has 152 valence electrons. The minimum atomic E-state index is -1.57.